The lowest BCUT2D eigenvalue weighted by Gasteiger charge is -2.03. The molecular formula is C11H12F2N4S. The second kappa shape index (κ2) is 4.93. The normalized spacial score (nSPS) is 11.2. The van der Waals surface area contributed by atoms with Gasteiger partial charge in [-0.2, -0.15) is 5.10 Å². The van der Waals surface area contributed by atoms with Gasteiger partial charge in [-0.25, -0.2) is 13.8 Å². The highest BCUT2D eigenvalue weighted by atomic mass is 32.1. The lowest BCUT2D eigenvalue weighted by atomic mass is 10.2. The summed E-state index contributed by atoms with van der Waals surface area (Å²) < 4.78 is 27.2. The van der Waals surface area contributed by atoms with Gasteiger partial charge in [0.2, 0.25) is 0 Å². The molecule has 0 saturated heterocycles. The Labute approximate surface area is 108 Å². The third kappa shape index (κ3) is 2.45. The first-order valence-electron chi connectivity index (χ1n) is 5.45. The number of aryl methyl sites for hydroxylation is 2. The molecule has 2 aromatic rings. The molecule has 96 valence electrons. The molecule has 0 aliphatic carbocycles. The van der Waals surface area contributed by atoms with Crippen LogP contribution in [-0.2, 0) is 6.54 Å². The fraction of sp³-hybridized carbons (Fsp3) is 0.364. The maximum absolute atomic E-state index is 12.7. The first-order chi connectivity index (χ1) is 8.51. The van der Waals surface area contributed by atoms with Gasteiger partial charge in [0.05, 0.1) is 17.1 Å². The van der Waals surface area contributed by atoms with Crippen molar-refractivity contribution in [3.8, 4) is 11.3 Å². The van der Waals surface area contributed by atoms with E-state index in [2.05, 4.69) is 15.1 Å². The number of aromatic amines is 1. The average molecular weight is 270 g/mol. The van der Waals surface area contributed by atoms with Crippen LogP contribution in [0.15, 0.2) is 12.3 Å². The Morgan fingerprint density at radius 2 is 2.22 bits per heavy atom. The van der Waals surface area contributed by atoms with Crippen molar-refractivity contribution in [3.63, 3.8) is 0 Å². The Balaban J connectivity index is 2.56. The number of hydrogen-bond acceptors (Lipinski definition) is 3. The predicted molar refractivity (Wildman–Crippen MR) is 66.0 cm³/mol. The molecule has 0 amide bonds. The van der Waals surface area contributed by atoms with Crippen LogP contribution in [0.3, 0.4) is 0 Å². The van der Waals surface area contributed by atoms with Crippen molar-refractivity contribution >= 4 is 12.2 Å². The third-order valence-electron chi connectivity index (χ3n) is 2.55. The zero-order valence-electron chi connectivity index (χ0n) is 9.94. The van der Waals surface area contributed by atoms with E-state index in [0.717, 1.165) is 11.3 Å². The molecule has 2 heterocycles. The molecule has 0 unspecified atom stereocenters. The number of halogens is 2. The summed E-state index contributed by atoms with van der Waals surface area (Å²) in [6.07, 6.45) is -0.822. The van der Waals surface area contributed by atoms with Crippen molar-refractivity contribution in [3.05, 3.63) is 28.4 Å². The number of hydrogen-bond donors (Lipinski definition) is 1. The molecule has 0 saturated carbocycles. The van der Waals surface area contributed by atoms with Crippen molar-refractivity contribution in [2.75, 3.05) is 0 Å². The van der Waals surface area contributed by atoms with Gasteiger partial charge in [0.1, 0.15) is 0 Å². The summed E-state index contributed by atoms with van der Waals surface area (Å²) in [7, 11) is 0. The molecular weight excluding hydrogens is 258 g/mol. The fourth-order valence-corrected chi connectivity index (χ4v) is 1.88. The fourth-order valence-electron chi connectivity index (χ4n) is 1.66. The van der Waals surface area contributed by atoms with E-state index in [0.29, 0.717) is 12.2 Å². The summed E-state index contributed by atoms with van der Waals surface area (Å²) >= 11 is 4.86. The predicted octanol–water partition coefficient (Wildman–Crippen LogP) is 3.27. The quantitative estimate of drug-likeness (QED) is 0.871. The molecule has 2 rings (SSSR count). The lowest BCUT2D eigenvalue weighted by molar-refractivity contribution is 0.146. The number of rotatable bonds is 3. The van der Waals surface area contributed by atoms with Gasteiger partial charge in [0.15, 0.2) is 4.77 Å². The topological polar surface area (TPSA) is 46.5 Å². The van der Waals surface area contributed by atoms with Gasteiger partial charge in [-0.15, -0.1) is 0 Å². The minimum atomic E-state index is -2.60. The van der Waals surface area contributed by atoms with Crippen LogP contribution in [0.4, 0.5) is 8.78 Å². The van der Waals surface area contributed by atoms with Crippen LogP contribution in [0.5, 0.6) is 0 Å². The zero-order chi connectivity index (χ0) is 13.3. The second-order valence-corrected chi connectivity index (χ2v) is 4.20. The van der Waals surface area contributed by atoms with Gasteiger partial charge in [-0.1, -0.05) is 0 Å². The SMILES string of the molecule is CCn1cc(-c2cc(C(F)F)[nH]c(=S)n2)c(C)n1. The summed E-state index contributed by atoms with van der Waals surface area (Å²) in [4.78, 5) is 6.45. The van der Waals surface area contributed by atoms with Crippen LogP contribution in [0.25, 0.3) is 11.3 Å². The van der Waals surface area contributed by atoms with E-state index in [4.69, 9.17) is 12.2 Å². The van der Waals surface area contributed by atoms with Crippen LogP contribution in [0, 0.1) is 11.7 Å². The van der Waals surface area contributed by atoms with Gasteiger partial charge >= 0.3 is 0 Å². The first-order valence-corrected chi connectivity index (χ1v) is 5.86. The number of H-pyrrole nitrogens is 1. The lowest BCUT2D eigenvalue weighted by Crippen LogP contribution is -1.95. The Morgan fingerprint density at radius 1 is 1.50 bits per heavy atom. The molecule has 18 heavy (non-hydrogen) atoms. The molecule has 2 aromatic heterocycles. The number of nitrogens with one attached hydrogen (secondary N) is 1. The highest BCUT2D eigenvalue weighted by molar-refractivity contribution is 7.71. The monoisotopic (exact) mass is 270 g/mol. The second-order valence-electron chi connectivity index (χ2n) is 3.81. The molecule has 1 N–H and O–H groups in total. The van der Waals surface area contributed by atoms with Crippen molar-refractivity contribution < 1.29 is 8.78 Å². The van der Waals surface area contributed by atoms with E-state index in [9.17, 15) is 8.78 Å². The average Bonchev–Trinajstić information content (AvgIpc) is 2.69. The highest BCUT2D eigenvalue weighted by Gasteiger charge is 2.13. The summed E-state index contributed by atoms with van der Waals surface area (Å²) in [6, 6.07) is 1.31. The van der Waals surface area contributed by atoms with E-state index in [-0.39, 0.29) is 10.5 Å². The summed E-state index contributed by atoms with van der Waals surface area (Å²) in [5.74, 6) is 0. The molecule has 4 nitrogen and oxygen atoms in total. The molecule has 0 aliphatic heterocycles. The van der Waals surface area contributed by atoms with Gasteiger partial charge in [0.25, 0.3) is 6.43 Å². The van der Waals surface area contributed by atoms with E-state index >= 15 is 0 Å². The molecule has 0 spiro atoms. The maximum atomic E-state index is 12.7. The van der Waals surface area contributed by atoms with E-state index in [1.165, 1.54) is 6.07 Å². The van der Waals surface area contributed by atoms with E-state index < -0.39 is 6.43 Å². The van der Waals surface area contributed by atoms with E-state index in [1.807, 2.05) is 13.8 Å². The minimum absolute atomic E-state index is 0.0476. The van der Waals surface area contributed by atoms with Crippen LogP contribution in [0.2, 0.25) is 0 Å². The molecule has 0 fully saturated rings. The number of nitrogens with zero attached hydrogens (tertiary/aromatic N) is 3. The highest BCUT2D eigenvalue weighted by Crippen LogP contribution is 2.24. The minimum Gasteiger partial charge on any atom is -0.329 e. The van der Waals surface area contributed by atoms with Gasteiger partial charge in [-0.3, -0.25) is 4.68 Å². The summed E-state index contributed by atoms with van der Waals surface area (Å²) in [5.41, 5.74) is 1.66. The third-order valence-corrected chi connectivity index (χ3v) is 2.74. The van der Waals surface area contributed by atoms with Gasteiger partial charge in [0, 0.05) is 18.3 Å². The Morgan fingerprint density at radius 3 is 2.78 bits per heavy atom. The molecule has 0 aliphatic rings. The molecule has 0 aromatic carbocycles. The van der Waals surface area contributed by atoms with E-state index in [1.54, 1.807) is 10.9 Å². The standard InChI is InChI=1S/C11H12F2N4S/c1-3-17-5-7(6(2)16-17)8-4-9(10(12)13)15-11(18)14-8/h4-5,10H,3H2,1-2H3,(H,14,15,18). The summed E-state index contributed by atoms with van der Waals surface area (Å²) in [6.45, 7) is 4.47. The maximum Gasteiger partial charge on any atom is 0.278 e. The molecule has 7 heteroatoms. The van der Waals surface area contributed by atoms with Gasteiger partial charge in [-0.05, 0) is 32.1 Å². The van der Waals surface area contributed by atoms with Gasteiger partial charge < -0.3 is 4.98 Å². The van der Waals surface area contributed by atoms with Crippen molar-refractivity contribution in [2.45, 2.75) is 26.8 Å². The van der Waals surface area contributed by atoms with Crippen molar-refractivity contribution in [2.24, 2.45) is 0 Å². The molecule has 0 bridgehead atoms. The molecule has 0 atom stereocenters. The Bertz CT molecular complexity index is 618. The largest absolute Gasteiger partial charge is 0.329 e. The van der Waals surface area contributed by atoms with Crippen LogP contribution < -0.4 is 0 Å². The first kappa shape index (κ1) is 12.8. The van der Waals surface area contributed by atoms with Crippen LogP contribution in [0.1, 0.15) is 24.7 Å². The van der Waals surface area contributed by atoms with Crippen molar-refractivity contribution in [1.29, 1.82) is 0 Å². The van der Waals surface area contributed by atoms with Crippen LogP contribution in [-0.4, -0.2) is 19.7 Å². The zero-order valence-corrected chi connectivity index (χ0v) is 10.8. The van der Waals surface area contributed by atoms with Crippen molar-refractivity contribution in [1.82, 2.24) is 19.7 Å². The van der Waals surface area contributed by atoms with Crippen LogP contribution >= 0.6 is 12.2 Å². The molecule has 0 radical (unpaired) electrons. The smallest absolute Gasteiger partial charge is 0.278 e. The Kier molecular flexibility index (Phi) is 3.51. The number of aromatic nitrogens is 4. The Hall–Kier alpha value is -1.63. The summed E-state index contributed by atoms with van der Waals surface area (Å²) in [5, 5.41) is 4.25. The number of alkyl halides is 2.